The molecule has 0 atom stereocenters. The number of aromatic nitrogens is 2. The summed E-state index contributed by atoms with van der Waals surface area (Å²) in [6, 6.07) is 0. The zero-order valence-corrected chi connectivity index (χ0v) is 7.79. The molecular formula is C7H10N4O4. The predicted octanol–water partition coefficient (Wildman–Crippen LogP) is -1.19. The molecule has 1 amide bonds. The number of hydrogen-bond donors (Lipinski definition) is 2. The number of hydrogen-bond acceptors (Lipinski definition) is 5. The van der Waals surface area contributed by atoms with Crippen LogP contribution in [-0.4, -0.2) is 32.1 Å². The van der Waals surface area contributed by atoms with Crippen molar-refractivity contribution < 1.29 is 14.8 Å². The van der Waals surface area contributed by atoms with Gasteiger partial charge in [-0.05, 0) is 4.92 Å². The van der Waals surface area contributed by atoms with E-state index in [0.717, 1.165) is 4.57 Å². The topological polar surface area (TPSA) is 124 Å². The fourth-order valence-electron chi connectivity index (χ4n) is 1.12. The van der Waals surface area contributed by atoms with Crippen LogP contribution in [0.15, 0.2) is 6.20 Å². The molecule has 1 aromatic rings. The van der Waals surface area contributed by atoms with E-state index in [-0.39, 0.29) is 19.6 Å². The van der Waals surface area contributed by atoms with Crippen molar-refractivity contribution in [2.45, 2.75) is 13.0 Å². The summed E-state index contributed by atoms with van der Waals surface area (Å²) in [5.41, 5.74) is 5.27. The van der Waals surface area contributed by atoms with Crippen LogP contribution in [0.1, 0.15) is 5.69 Å². The van der Waals surface area contributed by atoms with Gasteiger partial charge in [-0.1, -0.05) is 4.98 Å². The van der Waals surface area contributed by atoms with Gasteiger partial charge >= 0.3 is 5.95 Å². The second-order valence-electron chi connectivity index (χ2n) is 2.86. The Hall–Kier alpha value is -1.96. The lowest BCUT2D eigenvalue weighted by molar-refractivity contribution is -0.396. The number of primary amides is 1. The molecule has 3 N–H and O–H groups in total. The molecule has 0 fully saturated rings. The third-order valence-electron chi connectivity index (χ3n) is 1.66. The number of nitro groups is 1. The third-order valence-corrected chi connectivity index (χ3v) is 1.66. The van der Waals surface area contributed by atoms with Crippen molar-refractivity contribution in [1.82, 2.24) is 9.55 Å². The van der Waals surface area contributed by atoms with Gasteiger partial charge in [-0.2, -0.15) is 0 Å². The van der Waals surface area contributed by atoms with Crippen molar-refractivity contribution >= 4 is 11.9 Å². The summed E-state index contributed by atoms with van der Waals surface area (Å²) in [4.78, 5) is 24.1. The molecule has 8 heteroatoms. The molecule has 1 aromatic heterocycles. The van der Waals surface area contributed by atoms with E-state index >= 15 is 0 Å². The summed E-state index contributed by atoms with van der Waals surface area (Å²) >= 11 is 0. The number of amides is 1. The van der Waals surface area contributed by atoms with E-state index in [2.05, 4.69) is 4.98 Å². The third kappa shape index (κ3) is 2.74. The van der Waals surface area contributed by atoms with Gasteiger partial charge in [0, 0.05) is 6.42 Å². The number of nitrogens with two attached hydrogens (primary N) is 1. The van der Waals surface area contributed by atoms with Gasteiger partial charge in [0.25, 0.3) is 5.91 Å². The van der Waals surface area contributed by atoms with Gasteiger partial charge in [-0.25, -0.2) is 4.57 Å². The van der Waals surface area contributed by atoms with Gasteiger partial charge in [0.1, 0.15) is 6.20 Å². The lowest BCUT2D eigenvalue weighted by atomic mass is 10.3. The molecule has 15 heavy (non-hydrogen) atoms. The molecule has 1 rings (SSSR count). The van der Waals surface area contributed by atoms with Gasteiger partial charge in [0.2, 0.25) is 0 Å². The van der Waals surface area contributed by atoms with Crippen LogP contribution in [0.25, 0.3) is 0 Å². The quantitative estimate of drug-likeness (QED) is 0.471. The van der Waals surface area contributed by atoms with Gasteiger partial charge in [0.15, 0.2) is 12.2 Å². The number of carbonyl (C=O) groups excluding carboxylic acids is 1. The standard InChI is InChI=1S/C7H10N4O4/c8-6(13)4-10-3-5(1-2-12)9-7(10)11(14)15/h3,12H,1-2,4H2,(H2,8,13). The number of imidazole rings is 1. The summed E-state index contributed by atoms with van der Waals surface area (Å²) in [5, 5.41) is 19.2. The number of nitrogens with zero attached hydrogens (tertiary/aromatic N) is 3. The number of aliphatic hydroxyl groups excluding tert-OH is 1. The van der Waals surface area contributed by atoms with Crippen molar-refractivity contribution in [2.75, 3.05) is 6.61 Å². The Bertz CT molecular complexity index is 386. The maximum Gasteiger partial charge on any atom is 0.435 e. The first-order chi connectivity index (χ1) is 7.04. The largest absolute Gasteiger partial charge is 0.435 e. The maximum atomic E-state index is 10.6. The van der Waals surface area contributed by atoms with Crippen LogP contribution in [0.2, 0.25) is 0 Å². The maximum absolute atomic E-state index is 10.6. The molecule has 0 aliphatic rings. The van der Waals surface area contributed by atoms with Crippen molar-refractivity contribution in [1.29, 1.82) is 0 Å². The molecule has 0 aliphatic heterocycles. The van der Waals surface area contributed by atoms with E-state index < -0.39 is 16.8 Å². The zero-order valence-electron chi connectivity index (χ0n) is 7.79. The van der Waals surface area contributed by atoms with Gasteiger partial charge < -0.3 is 21.0 Å². The average molecular weight is 214 g/mol. The van der Waals surface area contributed by atoms with Crippen LogP contribution in [0.4, 0.5) is 5.95 Å². The van der Waals surface area contributed by atoms with Crippen LogP contribution in [-0.2, 0) is 17.8 Å². The zero-order chi connectivity index (χ0) is 11.4. The van der Waals surface area contributed by atoms with Crippen molar-refractivity contribution in [3.05, 3.63) is 22.0 Å². The Labute approximate surface area is 84.5 Å². The highest BCUT2D eigenvalue weighted by molar-refractivity contribution is 5.73. The SMILES string of the molecule is NC(=O)Cn1cc(CCO)nc1[N+](=O)[O-]. The minimum absolute atomic E-state index is 0.162. The molecule has 0 aliphatic carbocycles. The lowest BCUT2D eigenvalue weighted by Crippen LogP contribution is -2.19. The van der Waals surface area contributed by atoms with E-state index in [1.54, 1.807) is 0 Å². The molecule has 0 bridgehead atoms. The van der Waals surface area contributed by atoms with E-state index in [1.807, 2.05) is 0 Å². The van der Waals surface area contributed by atoms with Crippen molar-refractivity contribution in [3.8, 4) is 0 Å². The monoisotopic (exact) mass is 214 g/mol. The minimum atomic E-state index is -0.705. The molecule has 0 spiro atoms. The summed E-state index contributed by atoms with van der Waals surface area (Å²) in [6.07, 6.45) is 1.53. The average Bonchev–Trinajstić information content (AvgIpc) is 2.47. The minimum Gasteiger partial charge on any atom is -0.396 e. The van der Waals surface area contributed by atoms with E-state index in [9.17, 15) is 14.9 Å². The van der Waals surface area contributed by atoms with Crippen molar-refractivity contribution in [3.63, 3.8) is 0 Å². The molecule has 0 radical (unpaired) electrons. The van der Waals surface area contributed by atoms with Gasteiger partial charge in [-0.15, -0.1) is 0 Å². The summed E-state index contributed by atoms with van der Waals surface area (Å²) in [5.74, 6) is -1.14. The second kappa shape index (κ2) is 4.51. The highest BCUT2D eigenvalue weighted by Gasteiger charge is 2.20. The molecule has 8 nitrogen and oxygen atoms in total. The summed E-state index contributed by atoms with van der Waals surface area (Å²) in [6.45, 7) is -0.459. The van der Waals surface area contributed by atoms with E-state index in [0.29, 0.717) is 5.69 Å². The Kier molecular flexibility index (Phi) is 3.34. The Morgan fingerprint density at radius 1 is 1.73 bits per heavy atom. The highest BCUT2D eigenvalue weighted by Crippen LogP contribution is 2.11. The first-order valence-electron chi connectivity index (χ1n) is 4.14. The number of carbonyl (C=O) groups is 1. The number of rotatable bonds is 5. The highest BCUT2D eigenvalue weighted by atomic mass is 16.6. The molecular weight excluding hydrogens is 204 g/mol. The van der Waals surface area contributed by atoms with E-state index in [1.165, 1.54) is 6.20 Å². The first-order valence-corrected chi connectivity index (χ1v) is 4.14. The summed E-state index contributed by atoms with van der Waals surface area (Å²) < 4.78 is 1.05. The Morgan fingerprint density at radius 3 is 2.87 bits per heavy atom. The Morgan fingerprint density at radius 2 is 2.40 bits per heavy atom. The van der Waals surface area contributed by atoms with Crippen LogP contribution in [0, 0.1) is 10.1 Å². The molecule has 0 aromatic carbocycles. The molecule has 1 heterocycles. The van der Waals surface area contributed by atoms with Crippen molar-refractivity contribution in [2.24, 2.45) is 5.73 Å². The van der Waals surface area contributed by atoms with Gasteiger partial charge in [-0.3, -0.25) is 4.79 Å². The summed E-state index contributed by atoms with van der Waals surface area (Å²) in [7, 11) is 0. The van der Waals surface area contributed by atoms with Crippen LogP contribution >= 0.6 is 0 Å². The fraction of sp³-hybridized carbons (Fsp3) is 0.429. The molecule has 82 valence electrons. The Balaban J connectivity index is 3.00. The number of aliphatic hydroxyl groups is 1. The smallest absolute Gasteiger partial charge is 0.396 e. The normalized spacial score (nSPS) is 10.2. The molecule has 0 unspecified atom stereocenters. The molecule has 0 saturated heterocycles. The van der Waals surface area contributed by atoms with Gasteiger partial charge in [0.05, 0.1) is 6.61 Å². The predicted molar refractivity (Wildman–Crippen MR) is 48.9 cm³/mol. The van der Waals surface area contributed by atoms with Crippen LogP contribution < -0.4 is 5.73 Å². The van der Waals surface area contributed by atoms with Crippen LogP contribution in [0.5, 0.6) is 0 Å². The molecule has 0 saturated carbocycles. The van der Waals surface area contributed by atoms with Crippen LogP contribution in [0.3, 0.4) is 0 Å². The second-order valence-corrected chi connectivity index (χ2v) is 2.86. The fourth-order valence-corrected chi connectivity index (χ4v) is 1.12. The lowest BCUT2D eigenvalue weighted by Gasteiger charge is -1.96. The van der Waals surface area contributed by atoms with E-state index in [4.69, 9.17) is 10.8 Å². The first kappa shape index (κ1) is 11.1.